The zero-order chi connectivity index (χ0) is 14.7. The summed E-state index contributed by atoms with van der Waals surface area (Å²) < 4.78 is 2.14. The molecular weight excluding hydrogens is 260 g/mol. The molecule has 0 radical (unpaired) electrons. The average molecular weight is 284 g/mol. The number of anilines is 2. The molecule has 0 unspecified atom stereocenters. The second-order valence-corrected chi connectivity index (χ2v) is 5.52. The lowest BCUT2D eigenvalue weighted by molar-refractivity contribution is 0.601. The van der Waals surface area contributed by atoms with Gasteiger partial charge >= 0.3 is 0 Å². The van der Waals surface area contributed by atoms with Crippen molar-refractivity contribution in [3.8, 4) is 0 Å². The van der Waals surface area contributed by atoms with Crippen LogP contribution in [0.2, 0.25) is 0 Å². The van der Waals surface area contributed by atoms with E-state index in [1.165, 1.54) is 22.8 Å². The van der Waals surface area contributed by atoms with Gasteiger partial charge < -0.3 is 10.2 Å². The molecule has 1 aromatic carbocycles. The molecule has 1 aliphatic heterocycles. The topological polar surface area (TPSA) is 33.1 Å². The summed E-state index contributed by atoms with van der Waals surface area (Å²) in [4.78, 5) is 2.47. The highest BCUT2D eigenvalue weighted by atomic mass is 15.3. The number of hydrogen-bond donors (Lipinski definition) is 1. The molecule has 0 fully saturated rings. The third-order valence-corrected chi connectivity index (χ3v) is 4.09. The van der Waals surface area contributed by atoms with Crippen molar-refractivity contribution in [1.29, 1.82) is 0 Å². The van der Waals surface area contributed by atoms with Gasteiger partial charge in [0.25, 0.3) is 0 Å². The highest BCUT2D eigenvalue weighted by Crippen LogP contribution is 2.29. The van der Waals surface area contributed by atoms with E-state index in [1.807, 2.05) is 0 Å². The van der Waals surface area contributed by atoms with E-state index in [-0.39, 0.29) is 0 Å². The first-order chi connectivity index (χ1) is 10.3. The summed E-state index contributed by atoms with van der Waals surface area (Å²) >= 11 is 0. The Morgan fingerprint density at radius 2 is 2.10 bits per heavy atom. The van der Waals surface area contributed by atoms with Crippen LogP contribution in [0.25, 0.3) is 0 Å². The van der Waals surface area contributed by atoms with Crippen LogP contribution in [-0.4, -0.2) is 22.9 Å². The van der Waals surface area contributed by atoms with Crippen molar-refractivity contribution in [2.75, 3.05) is 23.3 Å². The second kappa shape index (κ2) is 6.20. The number of rotatable bonds is 4. The van der Waals surface area contributed by atoms with Gasteiger partial charge in [-0.2, -0.15) is 5.10 Å². The van der Waals surface area contributed by atoms with Crippen LogP contribution in [0.1, 0.15) is 31.7 Å². The SMILES string of the molecule is CCc1cc(CN2CCCNc3ccccc32)n(CC)n1. The van der Waals surface area contributed by atoms with Crippen molar-refractivity contribution >= 4 is 11.4 Å². The minimum Gasteiger partial charge on any atom is -0.383 e. The van der Waals surface area contributed by atoms with E-state index in [0.29, 0.717) is 0 Å². The van der Waals surface area contributed by atoms with Gasteiger partial charge in [-0.3, -0.25) is 4.68 Å². The number of aryl methyl sites for hydroxylation is 2. The Balaban J connectivity index is 1.89. The number of aromatic nitrogens is 2. The van der Waals surface area contributed by atoms with Gasteiger partial charge in [-0.1, -0.05) is 19.1 Å². The Hall–Kier alpha value is -1.97. The summed E-state index contributed by atoms with van der Waals surface area (Å²) in [5, 5.41) is 8.19. The van der Waals surface area contributed by atoms with Gasteiger partial charge in [-0.05, 0) is 38.0 Å². The summed E-state index contributed by atoms with van der Waals surface area (Å²) in [6.45, 7) is 8.31. The Labute approximate surface area is 126 Å². The van der Waals surface area contributed by atoms with Gasteiger partial charge in [-0.25, -0.2) is 0 Å². The van der Waals surface area contributed by atoms with Crippen LogP contribution in [0.4, 0.5) is 11.4 Å². The lowest BCUT2D eigenvalue weighted by Gasteiger charge is -2.24. The standard InChI is InChI=1S/C17H24N4/c1-3-14-12-15(21(4-2)19-14)13-20-11-7-10-18-16-8-5-6-9-17(16)20/h5-6,8-9,12,18H,3-4,7,10-11,13H2,1-2H3. The largest absolute Gasteiger partial charge is 0.383 e. The van der Waals surface area contributed by atoms with Crippen molar-refractivity contribution < 1.29 is 0 Å². The maximum absolute atomic E-state index is 4.67. The lowest BCUT2D eigenvalue weighted by atomic mass is 10.2. The van der Waals surface area contributed by atoms with Gasteiger partial charge in [0, 0.05) is 19.6 Å². The van der Waals surface area contributed by atoms with Gasteiger partial charge in [0.05, 0.1) is 29.3 Å². The number of nitrogens with zero attached hydrogens (tertiary/aromatic N) is 3. The second-order valence-electron chi connectivity index (χ2n) is 5.52. The maximum Gasteiger partial charge on any atom is 0.0625 e. The van der Waals surface area contributed by atoms with E-state index >= 15 is 0 Å². The zero-order valence-corrected chi connectivity index (χ0v) is 13.0. The van der Waals surface area contributed by atoms with Crippen molar-refractivity contribution in [1.82, 2.24) is 9.78 Å². The van der Waals surface area contributed by atoms with Crippen molar-refractivity contribution in [3.63, 3.8) is 0 Å². The van der Waals surface area contributed by atoms with Crippen LogP contribution in [0.15, 0.2) is 30.3 Å². The highest BCUT2D eigenvalue weighted by Gasteiger charge is 2.17. The van der Waals surface area contributed by atoms with Crippen LogP contribution < -0.4 is 10.2 Å². The third kappa shape index (κ3) is 2.89. The molecule has 0 aliphatic carbocycles. The Morgan fingerprint density at radius 1 is 1.24 bits per heavy atom. The van der Waals surface area contributed by atoms with E-state index in [1.54, 1.807) is 0 Å². The summed E-state index contributed by atoms with van der Waals surface area (Å²) in [5.41, 5.74) is 5.05. The van der Waals surface area contributed by atoms with E-state index in [4.69, 9.17) is 0 Å². The molecule has 4 heteroatoms. The molecule has 3 rings (SSSR count). The van der Waals surface area contributed by atoms with E-state index < -0.39 is 0 Å². The van der Waals surface area contributed by atoms with Crippen LogP contribution in [0.5, 0.6) is 0 Å². The molecule has 2 heterocycles. The summed E-state index contributed by atoms with van der Waals surface area (Å²) in [5.74, 6) is 0. The molecule has 112 valence electrons. The third-order valence-electron chi connectivity index (χ3n) is 4.09. The molecule has 0 amide bonds. The fourth-order valence-electron chi connectivity index (χ4n) is 2.96. The highest BCUT2D eigenvalue weighted by molar-refractivity contribution is 5.70. The summed E-state index contributed by atoms with van der Waals surface area (Å²) in [6.07, 6.45) is 2.16. The van der Waals surface area contributed by atoms with Gasteiger partial charge in [0.15, 0.2) is 0 Å². The molecule has 21 heavy (non-hydrogen) atoms. The Bertz CT molecular complexity index is 603. The van der Waals surface area contributed by atoms with Crippen LogP contribution >= 0.6 is 0 Å². The fourth-order valence-corrected chi connectivity index (χ4v) is 2.96. The molecule has 1 N–H and O–H groups in total. The summed E-state index contributed by atoms with van der Waals surface area (Å²) in [7, 11) is 0. The van der Waals surface area contributed by atoms with E-state index in [9.17, 15) is 0 Å². The smallest absolute Gasteiger partial charge is 0.0625 e. The van der Waals surface area contributed by atoms with Gasteiger partial charge in [-0.15, -0.1) is 0 Å². The first-order valence-corrected chi connectivity index (χ1v) is 7.95. The van der Waals surface area contributed by atoms with Crippen LogP contribution in [0, 0.1) is 0 Å². The predicted octanol–water partition coefficient (Wildman–Crippen LogP) is 3.29. The van der Waals surface area contributed by atoms with Crippen LogP contribution in [-0.2, 0) is 19.5 Å². The molecule has 0 saturated heterocycles. The molecule has 0 atom stereocenters. The number of nitrogens with one attached hydrogen (secondary N) is 1. The molecule has 0 spiro atoms. The Kier molecular flexibility index (Phi) is 4.13. The summed E-state index contributed by atoms with van der Waals surface area (Å²) in [6, 6.07) is 10.8. The lowest BCUT2D eigenvalue weighted by Crippen LogP contribution is -2.25. The minimum absolute atomic E-state index is 0.930. The number of fused-ring (bicyclic) bond motifs is 1. The molecule has 1 aliphatic rings. The molecule has 4 nitrogen and oxygen atoms in total. The number of para-hydroxylation sites is 2. The first kappa shape index (κ1) is 14.0. The van der Waals surface area contributed by atoms with E-state index in [2.05, 4.69) is 64.2 Å². The number of hydrogen-bond acceptors (Lipinski definition) is 3. The molecular formula is C17H24N4. The maximum atomic E-state index is 4.67. The predicted molar refractivity (Wildman–Crippen MR) is 87.9 cm³/mol. The fraction of sp³-hybridized carbons (Fsp3) is 0.471. The molecule has 0 bridgehead atoms. The van der Waals surface area contributed by atoms with E-state index in [0.717, 1.165) is 39.0 Å². The normalized spacial score (nSPS) is 14.5. The minimum atomic E-state index is 0.930. The van der Waals surface area contributed by atoms with Crippen molar-refractivity contribution in [2.45, 2.75) is 39.8 Å². The van der Waals surface area contributed by atoms with Crippen LogP contribution in [0.3, 0.4) is 0 Å². The van der Waals surface area contributed by atoms with Gasteiger partial charge in [0.1, 0.15) is 0 Å². The average Bonchev–Trinajstić information content (AvgIpc) is 2.81. The molecule has 0 saturated carbocycles. The first-order valence-electron chi connectivity index (χ1n) is 7.95. The van der Waals surface area contributed by atoms with Crippen molar-refractivity contribution in [3.05, 3.63) is 41.7 Å². The van der Waals surface area contributed by atoms with Crippen molar-refractivity contribution in [2.24, 2.45) is 0 Å². The molecule has 2 aromatic rings. The quantitative estimate of drug-likeness (QED) is 0.935. The monoisotopic (exact) mass is 284 g/mol. The number of benzene rings is 1. The zero-order valence-electron chi connectivity index (χ0n) is 13.0. The molecule has 1 aromatic heterocycles. The van der Waals surface area contributed by atoms with Gasteiger partial charge in [0.2, 0.25) is 0 Å². The Morgan fingerprint density at radius 3 is 2.90 bits per heavy atom.